The zero-order valence-corrected chi connectivity index (χ0v) is 26.7. The number of hydrazine groups is 1. The van der Waals surface area contributed by atoms with Gasteiger partial charge in [-0.25, -0.2) is 19.9 Å². The number of aromatic nitrogens is 5. The SMILES string of the molecule is N#CCN(C(=O)NCc1ccc(O)cc1)N1CC(=O)N2[C@@H](Cc3ccc(-c4nnn[nH]4)cc3)C(=O)N(Cc3cccc4sc(N)nc34)C[C@@H]21. The number of aromatic amines is 1. The summed E-state index contributed by atoms with van der Waals surface area (Å²) in [6, 6.07) is 20.0. The summed E-state index contributed by atoms with van der Waals surface area (Å²) in [4.78, 5) is 49.3. The molecule has 248 valence electrons. The lowest BCUT2D eigenvalue weighted by Crippen LogP contribution is -2.66. The first-order valence-corrected chi connectivity index (χ1v) is 16.1. The van der Waals surface area contributed by atoms with Crippen LogP contribution in [0.25, 0.3) is 21.6 Å². The summed E-state index contributed by atoms with van der Waals surface area (Å²) in [5, 5.41) is 39.2. The third kappa shape index (κ3) is 6.29. The van der Waals surface area contributed by atoms with Crippen molar-refractivity contribution in [2.24, 2.45) is 0 Å². The van der Waals surface area contributed by atoms with Crippen molar-refractivity contribution in [1.82, 2.24) is 50.7 Å². The van der Waals surface area contributed by atoms with Crippen molar-refractivity contribution < 1.29 is 19.5 Å². The van der Waals surface area contributed by atoms with Gasteiger partial charge < -0.3 is 26.0 Å². The number of aromatic hydroxyl groups is 1. The molecule has 0 radical (unpaired) electrons. The van der Waals surface area contributed by atoms with Crippen LogP contribution in [0.3, 0.4) is 0 Å². The summed E-state index contributed by atoms with van der Waals surface area (Å²) in [5.41, 5.74) is 9.81. The standard InChI is InChI=1S/C32H30N12O4S/c33-12-13-42(32(48)35-15-20-6-10-23(45)11-7-20)43-18-27(46)44-24(14-19-4-8-21(9-5-19)29-37-39-40-38-29)30(47)41(17-26(43)44)16-22-2-1-3-25-28(22)36-31(34)49-25/h1-11,24,26,45H,13-18H2,(H2,34,36)(H,35,48)(H,37,38,39,40)/t24-,26+/m0/s1. The van der Waals surface area contributed by atoms with Gasteiger partial charge in [0.15, 0.2) is 11.0 Å². The molecule has 49 heavy (non-hydrogen) atoms. The van der Waals surface area contributed by atoms with Crippen LogP contribution in [0.5, 0.6) is 5.75 Å². The van der Waals surface area contributed by atoms with E-state index >= 15 is 0 Å². The molecule has 2 aliphatic heterocycles. The normalized spacial score (nSPS) is 17.7. The van der Waals surface area contributed by atoms with Crippen molar-refractivity contribution in [1.29, 1.82) is 5.26 Å². The van der Waals surface area contributed by atoms with E-state index in [-0.39, 0.29) is 56.7 Å². The van der Waals surface area contributed by atoms with E-state index in [0.29, 0.717) is 16.5 Å². The molecule has 0 unspecified atom stereocenters. The molecule has 0 bridgehead atoms. The van der Waals surface area contributed by atoms with E-state index in [1.54, 1.807) is 22.0 Å². The molecule has 0 saturated carbocycles. The second-order valence-electron chi connectivity index (χ2n) is 11.6. The maximum atomic E-state index is 14.3. The molecule has 3 aromatic carbocycles. The predicted octanol–water partition coefficient (Wildman–Crippen LogP) is 1.84. The number of phenolic OH excluding ortho intramolecular Hbond substituents is 1. The number of amides is 4. The second kappa shape index (κ2) is 13.2. The summed E-state index contributed by atoms with van der Waals surface area (Å²) < 4.78 is 0.892. The first-order chi connectivity index (χ1) is 23.8. The van der Waals surface area contributed by atoms with Gasteiger partial charge in [-0.2, -0.15) is 10.3 Å². The molecule has 4 heterocycles. The smallest absolute Gasteiger partial charge is 0.333 e. The Morgan fingerprint density at radius 1 is 1.12 bits per heavy atom. The molecule has 2 saturated heterocycles. The zero-order valence-electron chi connectivity index (χ0n) is 25.9. The number of piperazine rings is 1. The van der Waals surface area contributed by atoms with Crippen LogP contribution in [0.2, 0.25) is 0 Å². The Labute approximate surface area is 283 Å². The third-order valence-electron chi connectivity index (χ3n) is 8.59. The van der Waals surface area contributed by atoms with Crippen LogP contribution in [0.1, 0.15) is 16.7 Å². The summed E-state index contributed by atoms with van der Waals surface area (Å²) in [5.74, 6) is 0.00478. The lowest BCUT2D eigenvalue weighted by Gasteiger charge is -2.46. The van der Waals surface area contributed by atoms with Crippen LogP contribution in [0, 0.1) is 11.3 Å². The number of carbonyl (C=O) groups excluding carboxylic acids is 3. The summed E-state index contributed by atoms with van der Waals surface area (Å²) in [6.45, 7) is -0.114. The number of fused-ring (bicyclic) bond motifs is 2. The molecule has 2 fully saturated rings. The number of nitrogens with two attached hydrogens (primary N) is 1. The molecule has 4 amide bonds. The van der Waals surface area contributed by atoms with E-state index < -0.39 is 18.2 Å². The van der Waals surface area contributed by atoms with E-state index in [0.717, 1.165) is 27.0 Å². The Bertz CT molecular complexity index is 2050. The first-order valence-electron chi connectivity index (χ1n) is 15.3. The van der Waals surface area contributed by atoms with Crippen molar-refractivity contribution in [3.05, 3.63) is 83.4 Å². The van der Waals surface area contributed by atoms with Crippen LogP contribution >= 0.6 is 11.3 Å². The molecule has 2 aliphatic rings. The van der Waals surface area contributed by atoms with Gasteiger partial charge in [-0.1, -0.05) is 59.9 Å². The van der Waals surface area contributed by atoms with E-state index in [4.69, 9.17) is 5.73 Å². The number of urea groups is 1. The predicted molar refractivity (Wildman–Crippen MR) is 177 cm³/mol. The van der Waals surface area contributed by atoms with Crippen LogP contribution < -0.4 is 11.1 Å². The number of nitrogen functional groups attached to an aromatic ring is 1. The number of H-pyrrole nitrogens is 1. The van der Waals surface area contributed by atoms with E-state index in [1.807, 2.05) is 48.5 Å². The molecule has 2 aromatic heterocycles. The highest BCUT2D eigenvalue weighted by Crippen LogP contribution is 2.32. The molecule has 2 atom stereocenters. The van der Waals surface area contributed by atoms with Crippen molar-refractivity contribution in [2.45, 2.75) is 31.7 Å². The van der Waals surface area contributed by atoms with Gasteiger partial charge in [-0.05, 0) is 45.3 Å². The minimum atomic E-state index is -0.891. The molecule has 16 nitrogen and oxygen atoms in total. The number of benzene rings is 3. The number of tetrazole rings is 1. The molecule has 7 rings (SSSR count). The van der Waals surface area contributed by atoms with Crippen LogP contribution in [-0.2, 0) is 29.1 Å². The van der Waals surface area contributed by atoms with Gasteiger partial charge in [-0.15, -0.1) is 5.10 Å². The lowest BCUT2D eigenvalue weighted by molar-refractivity contribution is -0.157. The number of phenols is 1. The van der Waals surface area contributed by atoms with Gasteiger partial charge in [0.2, 0.25) is 11.8 Å². The summed E-state index contributed by atoms with van der Waals surface area (Å²) in [7, 11) is 0. The third-order valence-corrected chi connectivity index (χ3v) is 9.44. The number of nitrogens with one attached hydrogen (secondary N) is 2. The average molecular weight is 679 g/mol. The monoisotopic (exact) mass is 678 g/mol. The van der Waals surface area contributed by atoms with Crippen LogP contribution in [0.4, 0.5) is 9.93 Å². The van der Waals surface area contributed by atoms with Gasteiger partial charge >= 0.3 is 6.03 Å². The Morgan fingerprint density at radius 2 is 1.90 bits per heavy atom. The van der Waals surface area contributed by atoms with Gasteiger partial charge in [0.1, 0.15) is 24.5 Å². The quantitative estimate of drug-likeness (QED) is 0.165. The van der Waals surface area contributed by atoms with Gasteiger partial charge in [0, 0.05) is 25.1 Å². The number of nitriles is 1. The largest absolute Gasteiger partial charge is 0.508 e. The molecular formula is C32H30N12O4S. The highest BCUT2D eigenvalue weighted by molar-refractivity contribution is 7.22. The maximum absolute atomic E-state index is 14.3. The second-order valence-corrected chi connectivity index (χ2v) is 12.7. The number of anilines is 1. The molecule has 5 N–H and O–H groups in total. The topological polar surface area (TPSA) is 214 Å². The number of nitrogens with zero attached hydrogens (tertiary/aromatic N) is 9. The van der Waals surface area contributed by atoms with E-state index in [1.165, 1.54) is 33.4 Å². The molecular weight excluding hydrogens is 648 g/mol. The fraction of sp³-hybridized carbons (Fsp3) is 0.250. The Kier molecular flexibility index (Phi) is 8.46. The van der Waals surface area contributed by atoms with E-state index in [9.17, 15) is 24.8 Å². The molecule has 0 spiro atoms. The molecule has 5 aromatic rings. The lowest BCUT2D eigenvalue weighted by atomic mass is 9.99. The Hall–Kier alpha value is -6.12. The van der Waals surface area contributed by atoms with Gasteiger partial charge in [0.05, 0.1) is 29.4 Å². The number of hydrogen-bond donors (Lipinski definition) is 4. The van der Waals surface area contributed by atoms with Crippen molar-refractivity contribution >= 4 is 44.5 Å². The fourth-order valence-corrected chi connectivity index (χ4v) is 7.06. The fourth-order valence-electron chi connectivity index (χ4n) is 6.28. The Morgan fingerprint density at radius 3 is 2.63 bits per heavy atom. The van der Waals surface area contributed by atoms with Crippen molar-refractivity contribution in [2.75, 3.05) is 25.4 Å². The highest BCUT2D eigenvalue weighted by atomic mass is 32.1. The zero-order chi connectivity index (χ0) is 34.1. The summed E-state index contributed by atoms with van der Waals surface area (Å²) >= 11 is 1.36. The maximum Gasteiger partial charge on any atom is 0.333 e. The number of hydrogen-bond acceptors (Lipinski definition) is 12. The number of thiazole rings is 1. The Balaban J connectivity index is 1.19. The molecule has 17 heteroatoms. The van der Waals surface area contributed by atoms with Crippen molar-refractivity contribution in [3.8, 4) is 23.2 Å². The highest BCUT2D eigenvalue weighted by Gasteiger charge is 2.52. The van der Waals surface area contributed by atoms with E-state index in [2.05, 4.69) is 30.9 Å². The number of rotatable bonds is 9. The molecule has 0 aliphatic carbocycles. The minimum Gasteiger partial charge on any atom is -0.508 e. The minimum absolute atomic E-state index is 0.0850. The van der Waals surface area contributed by atoms with Gasteiger partial charge in [0.25, 0.3) is 0 Å². The first kappa shape index (κ1) is 31.5. The van der Waals surface area contributed by atoms with Gasteiger partial charge in [-0.3, -0.25) is 9.59 Å². The number of para-hydroxylation sites is 1. The number of carbonyl (C=O) groups is 3. The van der Waals surface area contributed by atoms with Crippen LogP contribution in [-0.4, -0.2) is 100 Å². The van der Waals surface area contributed by atoms with Crippen molar-refractivity contribution in [3.63, 3.8) is 0 Å². The average Bonchev–Trinajstić information content (AvgIpc) is 3.85. The summed E-state index contributed by atoms with van der Waals surface area (Å²) in [6.07, 6.45) is -0.526. The van der Waals surface area contributed by atoms with Crippen LogP contribution in [0.15, 0.2) is 66.7 Å².